The normalized spacial score (nSPS) is 16.0. The largest absolute Gasteiger partial charge is 0.490 e. The van der Waals surface area contributed by atoms with E-state index in [0.29, 0.717) is 23.5 Å². The summed E-state index contributed by atoms with van der Waals surface area (Å²) < 4.78 is 15.9. The zero-order valence-corrected chi connectivity index (χ0v) is 18.4. The number of esters is 1. The highest BCUT2D eigenvalue weighted by molar-refractivity contribution is 5.96. The first-order chi connectivity index (χ1) is 15.8. The van der Waals surface area contributed by atoms with Gasteiger partial charge in [-0.1, -0.05) is 12.1 Å². The number of rotatable bonds is 9. The highest BCUT2D eigenvalue weighted by Crippen LogP contribution is 2.23. The molecular weight excluding hydrogens is 428 g/mol. The van der Waals surface area contributed by atoms with Crippen molar-refractivity contribution in [3.8, 4) is 5.75 Å². The van der Waals surface area contributed by atoms with E-state index < -0.39 is 24.2 Å². The highest BCUT2D eigenvalue weighted by Gasteiger charge is 2.32. The van der Waals surface area contributed by atoms with Crippen molar-refractivity contribution in [3.63, 3.8) is 0 Å². The van der Waals surface area contributed by atoms with Crippen molar-refractivity contribution in [1.29, 1.82) is 5.41 Å². The van der Waals surface area contributed by atoms with Crippen LogP contribution in [0, 0.1) is 5.41 Å². The lowest BCUT2D eigenvalue weighted by Gasteiger charge is -2.16. The Morgan fingerprint density at radius 3 is 2.45 bits per heavy atom. The predicted molar refractivity (Wildman–Crippen MR) is 120 cm³/mol. The van der Waals surface area contributed by atoms with Crippen LogP contribution in [0.1, 0.15) is 18.1 Å². The monoisotopic (exact) mass is 454 g/mol. The summed E-state index contributed by atoms with van der Waals surface area (Å²) in [7, 11) is 1.27. The number of nitrogens with two attached hydrogens (primary N) is 1. The minimum Gasteiger partial charge on any atom is -0.490 e. The molecule has 4 N–H and O–H groups in total. The number of carbonyl (C=O) groups is 3. The number of amides is 2. The molecule has 0 aliphatic carbocycles. The third kappa shape index (κ3) is 6.22. The van der Waals surface area contributed by atoms with Crippen molar-refractivity contribution in [3.05, 3.63) is 59.7 Å². The number of nitrogens with one attached hydrogen (secondary N) is 2. The SMILES string of the molecule is COC(=O)C(Cc1ccc(OCC2CN(c3ccc(C(=N)N)cc3)C(=O)O2)cc1)NC(C)=O. The molecule has 1 aliphatic rings. The second-order valence-electron chi connectivity index (χ2n) is 7.51. The van der Waals surface area contributed by atoms with E-state index >= 15 is 0 Å². The summed E-state index contributed by atoms with van der Waals surface area (Å²) >= 11 is 0. The standard InChI is InChI=1S/C23H26N4O6/c1-14(28)26-20(22(29)31-2)11-15-3-9-18(10-4-15)32-13-19-12-27(23(30)33-19)17-7-5-16(6-8-17)21(24)25/h3-10,19-20H,11-13H2,1-2H3,(H3,24,25)(H,26,28). The number of benzene rings is 2. The van der Waals surface area contributed by atoms with E-state index in [0.717, 1.165) is 5.56 Å². The Hall–Kier alpha value is -4.08. The van der Waals surface area contributed by atoms with E-state index in [9.17, 15) is 14.4 Å². The van der Waals surface area contributed by atoms with Gasteiger partial charge in [-0.25, -0.2) is 9.59 Å². The summed E-state index contributed by atoms with van der Waals surface area (Å²) in [6.07, 6.45) is -0.640. The predicted octanol–water partition coefficient (Wildman–Crippen LogP) is 1.60. The van der Waals surface area contributed by atoms with Gasteiger partial charge in [-0.3, -0.25) is 15.1 Å². The molecule has 0 radical (unpaired) electrons. The number of hydrogen-bond acceptors (Lipinski definition) is 7. The maximum Gasteiger partial charge on any atom is 0.414 e. The lowest BCUT2D eigenvalue weighted by Crippen LogP contribution is -2.41. The highest BCUT2D eigenvalue weighted by atomic mass is 16.6. The van der Waals surface area contributed by atoms with Crippen LogP contribution in [-0.4, -0.2) is 56.2 Å². The molecule has 10 nitrogen and oxygen atoms in total. The zero-order chi connectivity index (χ0) is 24.0. The molecule has 174 valence electrons. The molecule has 0 aromatic heterocycles. The molecule has 1 heterocycles. The van der Waals surface area contributed by atoms with Crippen molar-refractivity contribution >= 4 is 29.5 Å². The summed E-state index contributed by atoms with van der Waals surface area (Å²) in [4.78, 5) is 36.9. The Bertz CT molecular complexity index is 1020. The van der Waals surface area contributed by atoms with E-state index in [-0.39, 0.29) is 24.8 Å². The van der Waals surface area contributed by atoms with E-state index in [4.69, 9.17) is 25.4 Å². The zero-order valence-electron chi connectivity index (χ0n) is 18.4. The number of cyclic esters (lactones) is 1. The van der Waals surface area contributed by atoms with Gasteiger partial charge >= 0.3 is 12.1 Å². The smallest absolute Gasteiger partial charge is 0.414 e. The Balaban J connectivity index is 1.54. The summed E-state index contributed by atoms with van der Waals surface area (Å²) in [5.74, 6) is -0.304. The number of ether oxygens (including phenoxy) is 3. The Kier molecular flexibility index (Phi) is 7.50. The third-order valence-electron chi connectivity index (χ3n) is 5.03. The van der Waals surface area contributed by atoms with Crippen LogP contribution in [0.15, 0.2) is 48.5 Å². The Morgan fingerprint density at radius 1 is 1.21 bits per heavy atom. The molecule has 1 saturated heterocycles. The fraction of sp³-hybridized carbons (Fsp3) is 0.304. The average Bonchev–Trinajstić information content (AvgIpc) is 3.17. The van der Waals surface area contributed by atoms with Crippen LogP contribution in [0.4, 0.5) is 10.5 Å². The maximum absolute atomic E-state index is 12.2. The summed E-state index contributed by atoms with van der Waals surface area (Å²) in [5.41, 5.74) is 7.50. The van der Waals surface area contributed by atoms with Crippen molar-refractivity contribution < 1.29 is 28.6 Å². The molecule has 3 rings (SSSR count). The van der Waals surface area contributed by atoms with Gasteiger partial charge < -0.3 is 25.3 Å². The van der Waals surface area contributed by atoms with Crippen molar-refractivity contribution in [1.82, 2.24) is 5.32 Å². The quantitative estimate of drug-likeness (QED) is 0.296. The van der Waals surface area contributed by atoms with Crippen LogP contribution >= 0.6 is 0 Å². The molecule has 0 spiro atoms. The van der Waals surface area contributed by atoms with Crippen LogP contribution in [-0.2, 0) is 25.5 Å². The first-order valence-electron chi connectivity index (χ1n) is 10.3. The van der Waals surface area contributed by atoms with Crippen molar-refractivity contribution in [2.75, 3.05) is 25.2 Å². The summed E-state index contributed by atoms with van der Waals surface area (Å²) in [6.45, 7) is 1.84. The van der Waals surface area contributed by atoms with Gasteiger partial charge in [-0.05, 0) is 42.0 Å². The average molecular weight is 454 g/mol. The van der Waals surface area contributed by atoms with E-state index in [1.165, 1.54) is 18.9 Å². The molecule has 1 fully saturated rings. The molecule has 0 bridgehead atoms. The van der Waals surface area contributed by atoms with E-state index in [1.807, 2.05) is 0 Å². The van der Waals surface area contributed by atoms with Crippen LogP contribution in [0.2, 0.25) is 0 Å². The second-order valence-corrected chi connectivity index (χ2v) is 7.51. The van der Waals surface area contributed by atoms with E-state index in [1.54, 1.807) is 48.5 Å². The first kappa shape index (κ1) is 23.6. The third-order valence-corrected chi connectivity index (χ3v) is 5.03. The van der Waals surface area contributed by atoms with Crippen LogP contribution < -0.4 is 20.7 Å². The summed E-state index contributed by atoms with van der Waals surface area (Å²) in [5, 5.41) is 10.0. The number of hydrogen-bond donors (Lipinski definition) is 3. The Labute approximate surface area is 191 Å². The van der Waals surface area contributed by atoms with Gasteiger partial charge in [0, 0.05) is 24.6 Å². The number of amidine groups is 1. The number of nitrogens with zero attached hydrogens (tertiary/aromatic N) is 1. The van der Waals surface area contributed by atoms with Gasteiger partial charge in [0.15, 0.2) is 6.10 Å². The lowest BCUT2D eigenvalue weighted by molar-refractivity contribution is -0.144. The van der Waals surface area contributed by atoms with Crippen LogP contribution in [0.25, 0.3) is 0 Å². The van der Waals surface area contributed by atoms with E-state index in [2.05, 4.69) is 5.32 Å². The van der Waals surface area contributed by atoms with Gasteiger partial charge in [-0.15, -0.1) is 0 Å². The van der Waals surface area contributed by atoms with Gasteiger partial charge in [0.05, 0.1) is 13.7 Å². The maximum atomic E-state index is 12.2. The van der Waals surface area contributed by atoms with Crippen molar-refractivity contribution in [2.45, 2.75) is 25.5 Å². The summed E-state index contributed by atoms with van der Waals surface area (Å²) in [6, 6.07) is 13.1. The van der Waals surface area contributed by atoms with Crippen LogP contribution in [0.5, 0.6) is 5.75 Å². The molecule has 1 aliphatic heterocycles. The molecule has 2 atom stereocenters. The molecule has 33 heavy (non-hydrogen) atoms. The van der Waals surface area contributed by atoms with Crippen molar-refractivity contribution in [2.24, 2.45) is 5.73 Å². The van der Waals surface area contributed by atoms with Gasteiger partial charge in [0.2, 0.25) is 5.91 Å². The topological polar surface area (TPSA) is 144 Å². The Morgan fingerprint density at radius 2 is 1.88 bits per heavy atom. The number of carbonyl (C=O) groups excluding carboxylic acids is 3. The van der Waals surface area contributed by atoms with Gasteiger partial charge in [-0.2, -0.15) is 0 Å². The molecule has 2 unspecified atom stereocenters. The second kappa shape index (κ2) is 10.5. The molecule has 2 aromatic carbocycles. The van der Waals surface area contributed by atoms with Gasteiger partial charge in [0.25, 0.3) is 0 Å². The molecule has 2 amide bonds. The minimum atomic E-state index is -0.771. The minimum absolute atomic E-state index is 0.0428. The molecular formula is C23H26N4O6. The first-order valence-corrected chi connectivity index (χ1v) is 10.3. The fourth-order valence-corrected chi connectivity index (χ4v) is 3.37. The lowest BCUT2D eigenvalue weighted by atomic mass is 10.1. The number of nitrogen functional groups attached to an aromatic ring is 1. The fourth-order valence-electron chi connectivity index (χ4n) is 3.37. The molecule has 10 heteroatoms. The number of anilines is 1. The molecule has 2 aromatic rings. The van der Waals surface area contributed by atoms with Crippen LogP contribution in [0.3, 0.4) is 0 Å². The van der Waals surface area contributed by atoms with Gasteiger partial charge in [0.1, 0.15) is 24.2 Å². The number of methoxy groups -OCH3 is 1. The molecule has 0 saturated carbocycles.